The number of unbranched alkanes of at least 4 members (excludes halogenated alkanes) is 1. The lowest BCUT2D eigenvalue weighted by atomic mass is 10.4. The number of rotatable bonds is 8. The Labute approximate surface area is 83.9 Å². The van der Waals surface area contributed by atoms with Crippen molar-refractivity contribution in [1.29, 1.82) is 0 Å². The highest BCUT2D eigenvalue weighted by Gasteiger charge is 2.09. The van der Waals surface area contributed by atoms with Crippen LogP contribution < -0.4 is 0 Å². The van der Waals surface area contributed by atoms with Crippen LogP contribution in [0.5, 0.6) is 0 Å². The Morgan fingerprint density at radius 2 is 2.23 bits per heavy atom. The number of ether oxygens (including phenoxy) is 1. The molecule has 0 bridgehead atoms. The fourth-order valence-electron chi connectivity index (χ4n) is 0.704. The largest absolute Gasteiger partial charge is 0.480 e. The number of aliphatic carboxylic acids is 1. The monoisotopic (exact) mass is 206 g/mol. The van der Waals surface area contributed by atoms with Crippen molar-refractivity contribution in [2.24, 2.45) is 0 Å². The number of carbonyl (C=O) groups is 1. The fraction of sp³-hybridized carbons (Fsp3) is 0.889. The third-order valence-corrected chi connectivity index (χ3v) is 2.69. The minimum absolute atomic E-state index is 0.324. The molecule has 0 fully saturated rings. The summed E-state index contributed by atoms with van der Waals surface area (Å²) in [4.78, 5) is 10.4. The molecule has 0 radical (unpaired) electrons. The molecule has 0 saturated carbocycles. The molecule has 4 heteroatoms. The van der Waals surface area contributed by atoms with E-state index in [1.807, 2.05) is 0 Å². The molecule has 0 aromatic carbocycles. The molecule has 0 aromatic rings. The third kappa shape index (κ3) is 8.12. The van der Waals surface area contributed by atoms with Crippen LogP contribution in [-0.4, -0.2) is 35.3 Å². The molecule has 0 aliphatic heterocycles. The lowest BCUT2D eigenvalue weighted by Crippen LogP contribution is -2.13. The molecule has 0 spiro atoms. The first-order valence-electron chi connectivity index (χ1n) is 4.60. The van der Waals surface area contributed by atoms with Crippen molar-refractivity contribution >= 4 is 17.7 Å². The van der Waals surface area contributed by atoms with E-state index < -0.39 is 5.97 Å². The lowest BCUT2D eigenvalue weighted by Gasteiger charge is -2.06. The summed E-state index contributed by atoms with van der Waals surface area (Å²) in [5, 5.41) is 8.24. The van der Waals surface area contributed by atoms with Gasteiger partial charge in [-0.25, -0.2) is 0 Å². The summed E-state index contributed by atoms with van der Waals surface area (Å²) in [7, 11) is 0. The Balaban J connectivity index is 3.11. The van der Waals surface area contributed by atoms with Gasteiger partial charge < -0.3 is 9.84 Å². The quantitative estimate of drug-likeness (QED) is 0.617. The molecule has 0 saturated heterocycles. The predicted octanol–water partition coefficient (Wildman–Crippen LogP) is 2.01. The van der Waals surface area contributed by atoms with E-state index in [9.17, 15) is 4.79 Å². The van der Waals surface area contributed by atoms with Gasteiger partial charge in [0, 0.05) is 12.4 Å². The molecule has 0 rings (SSSR count). The fourth-order valence-corrected chi connectivity index (χ4v) is 1.41. The lowest BCUT2D eigenvalue weighted by molar-refractivity contribution is -0.136. The zero-order chi connectivity index (χ0) is 10.1. The zero-order valence-electron chi connectivity index (χ0n) is 8.28. The summed E-state index contributed by atoms with van der Waals surface area (Å²) in [5.74, 6) is 0.00976. The van der Waals surface area contributed by atoms with Gasteiger partial charge >= 0.3 is 5.97 Å². The molecule has 0 aromatic heterocycles. The van der Waals surface area contributed by atoms with Crippen LogP contribution >= 0.6 is 11.8 Å². The van der Waals surface area contributed by atoms with E-state index >= 15 is 0 Å². The van der Waals surface area contributed by atoms with Crippen molar-refractivity contribution in [3.8, 4) is 0 Å². The highest BCUT2D eigenvalue weighted by Crippen LogP contribution is 2.09. The summed E-state index contributed by atoms with van der Waals surface area (Å²) in [5.41, 5.74) is 0. The Morgan fingerprint density at radius 3 is 2.77 bits per heavy atom. The molecule has 3 nitrogen and oxygen atoms in total. The van der Waals surface area contributed by atoms with E-state index in [0.29, 0.717) is 6.61 Å². The van der Waals surface area contributed by atoms with Gasteiger partial charge in [0.2, 0.25) is 0 Å². The van der Waals surface area contributed by atoms with Crippen molar-refractivity contribution in [2.45, 2.75) is 31.9 Å². The standard InChI is InChI=1S/C9H18O3S/c1-3-4-5-12-6-7-13-8(2)9(10)11/h8H,3-7H2,1-2H3,(H,10,11). The van der Waals surface area contributed by atoms with Gasteiger partial charge in [-0.3, -0.25) is 4.79 Å². The number of hydrogen-bond acceptors (Lipinski definition) is 3. The first kappa shape index (κ1) is 12.8. The Kier molecular flexibility index (Phi) is 8.24. The van der Waals surface area contributed by atoms with Crippen LogP contribution in [0.4, 0.5) is 0 Å². The van der Waals surface area contributed by atoms with Gasteiger partial charge in [0.1, 0.15) is 0 Å². The Bertz CT molecular complexity index is 139. The minimum atomic E-state index is -0.751. The molecule has 0 heterocycles. The Hall–Kier alpha value is -0.220. The van der Waals surface area contributed by atoms with Crippen molar-refractivity contribution in [2.75, 3.05) is 19.0 Å². The molecule has 78 valence electrons. The van der Waals surface area contributed by atoms with E-state index in [1.165, 1.54) is 11.8 Å². The summed E-state index contributed by atoms with van der Waals surface area (Å²) in [6, 6.07) is 0. The summed E-state index contributed by atoms with van der Waals surface area (Å²) < 4.78 is 5.29. The molecular formula is C9H18O3S. The van der Waals surface area contributed by atoms with Crippen LogP contribution in [0, 0.1) is 0 Å². The van der Waals surface area contributed by atoms with Gasteiger partial charge in [-0.15, -0.1) is 11.8 Å². The highest BCUT2D eigenvalue weighted by molar-refractivity contribution is 8.00. The molecule has 1 unspecified atom stereocenters. The number of thioether (sulfide) groups is 1. The van der Waals surface area contributed by atoms with Crippen LogP contribution in [0.1, 0.15) is 26.7 Å². The van der Waals surface area contributed by atoms with Gasteiger partial charge in [-0.1, -0.05) is 13.3 Å². The second-order valence-corrected chi connectivity index (χ2v) is 4.27. The van der Waals surface area contributed by atoms with Crippen molar-refractivity contribution in [1.82, 2.24) is 0 Å². The number of hydrogen-bond donors (Lipinski definition) is 1. The average molecular weight is 206 g/mol. The van der Waals surface area contributed by atoms with Crippen molar-refractivity contribution < 1.29 is 14.6 Å². The SMILES string of the molecule is CCCCOCCSC(C)C(=O)O. The van der Waals surface area contributed by atoms with Gasteiger partial charge in [0.15, 0.2) is 0 Å². The van der Waals surface area contributed by atoms with E-state index in [4.69, 9.17) is 9.84 Å². The number of carboxylic acids is 1. The second-order valence-electron chi connectivity index (χ2n) is 2.82. The van der Waals surface area contributed by atoms with Crippen LogP contribution in [0.2, 0.25) is 0 Å². The van der Waals surface area contributed by atoms with E-state index in [-0.39, 0.29) is 5.25 Å². The van der Waals surface area contributed by atoms with Gasteiger partial charge in [0.05, 0.1) is 11.9 Å². The van der Waals surface area contributed by atoms with E-state index in [0.717, 1.165) is 25.2 Å². The van der Waals surface area contributed by atoms with Crippen LogP contribution in [-0.2, 0) is 9.53 Å². The zero-order valence-corrected chi connectivity index (χ0v) is 9.10. The minimum Gasteiger partial charge on any atom is -0.480 e. The predicted molar refractivity (Wildman–Crippen MR) is 55.3 cm³/mol. The summed E-state index contributed by atoms with van der Waals surface area (Å²) >= 11 is 1.42. The maximum atomic E-state index is 10.4. The third-order valence-electron chi connectivity index (χ3n) is 1.59. The van der Waals surface area contributed by atoms with E-state index in [2.05, 4.69) is 6.92 Å². The molecular weight excluding hydrogens is 188 g/mol. The summed E-state index contributed by atoms with van der Waals surface area (Å²) in [6.07, 6.45) is 2.22. The molecule has 1 atom stereocenters. The van der Waals surface area contributed by atoms with E-state index in [1.54, 1.807) is 6.92 Å². The maximum absolute atomic E-state index is 10.4. The van der Waals surface area contributed by atoms with Crippen molar-refractivity contribution in [3.63, 3.8) is 0 Å². The Morgan fingerprint density at radius 1 is 1.54 bits per heavy atom. The molecule has 1 N–H and O–H groups in total. The first-order chi connectivity index (χ1) is 6.18. The average Bonchev–Trinajstić information content (AvgIpc) is 2.10. The highest BCUT2D eigenvalue weighted by atomic mass is 32.2. The molecule has 0 amide bonds. The maximum Gasteiger partial charge on any atom is 0.316 e. The molecule has 0 aliphatic rings. The van der Waals surface area contributed by atoms with Gasteiger partial charge in [-0.05, 0) is 13.3 Å². The van der Waals surface area contributed by atoms with Crippen LogP contribution in [0.15, 0.2) is 0 Å². The van der Waals surface area contributed by atoms with Crippen LogP contribution in [0.25, 0.3) is 0 Å². The van der Waals surface area contributed by atoms with Crippen LogP contribution in [0.3, 0.4) is 0 Å². The molecule has 13 heavy (non-hydrogen) atoms. The topological polar surface area (TPSA) is 46.5 Å². The van der Waals surface area contributed by atoms with Crippen molar-refractivity contribution in [3.05, 3.63) is 0 Å². The molecule has 0 aliphatic carbocycles. The van der Waals surface area contributed by atoms with Gasteiger partial charge in [0.25, 0.3) is 0 Å². The summed E-state index contributed by atoms with van der Waals surface area (Å²) in [6.45, 7) is 5.25. The first-order valence-corrected chi connectivity index (χ1v) is 5.65. The number of carboxylic acid groups (broad SMARTS) is 1. The normalized spacial score (nSPS) is 12.8. The smallest absolute Gasteiger partial charge is 0.316 e. The second kappa shape index (κ2) is 8.38. The van der Waals surface area contributed by atoms with Gasteiger partial charge in [-0.2, -0.15) is 0 Å².